The molecule has 106 valence electrons. The molecule has 2 aromatic rings. The Labute approximate surface area is 130 Å². The zero-order valence-electron chi connectivity index (χ0n) is 12.1. The number of fused-ring (bicyclic) bond motifs is 1. The van der Waals surface area contributed by atoms with E-state index in [1.165, 1.54) is 22.3 Å². The Kier molecular flexibility index (Phi) is 3.20. The first-order valence-corrected chi connectivity index (χ1v) is 7.45. The van der Waals surface area contributed by atoms with E-state index >= 15 is 0 Å². The van der Waals surface area contributed by atoms with Crippen LogP contribution in [0.4, 0.5) is 0 Å². The number of nitrogens with one attached hydrogen (secondary N) is 1. The van der Waals surface area contributed by atoms with Crippen LogP contribution in [0.15, 0.2) is 89.5 Å². The molecule has 2 heteroatoms. The van der Waals surface area contributed by atoms with Crippen LogP contribution in [0.5, 0.6) is 0 Å². The topological polar surface area (TPSA) is 24.4 Å². The molecule has 0 spiro atoms. The lowest BCUT2D eigenvalue weighted by Gasteiger charge is -2.23. The fourth-order valence-corrected chi connectivity index (χ4v) is 2.89. The summed E-state index contributed by atoms with van der Waals surface area (Å²) in [5.41, 5.74) is 6.00. The van der Waals surface area contributed by atoms with Crippen molar-refractivity contribution in [2.75, 3.05) is 0 Å². The molecule has 2 aromatic carbocycles. The highest BCUT2D eigenvalue weighted by molar-refractivity contribution is 5.84. The lowest BCUT2D eigenvalue weighted by atomic mass is 9.94. The quantitative estimate of drug-likeness (QED) is 0.878. The Bertz CT molecular complexity index is 811. The summed E-state index contributed by atoms with van der Waals surface area (Å²) in [6.45, 7) is 0. The summed E-state index contributed by atoms with van der Waals surface area (Å²) in [6.07, 6.45) is 10.2. The van der Waals surface area contributed by atoms with Crippen LogP contribution in [0.25, 0.3) is 16.8 Å². The smallest absolute Gasteiger partial charge is 0.0971 e. The van der Waals surface area contributed by atoms with Crippen molar-refractivity contribution >= 4 is 12.0 Å². The zero-order chi connectivity index (χ0) is 14.8. The maximum absolute atomic E-state index is 4.48. The van der Waals surface area contributed by atoms with Crippen molar-refractivity contribution in [3.05, 3.63) is 90.0 Å². The van der Waals surface area contributed by atoms with Gasteiger partial charge in [-0.3, -0.25) is 4.99 Å². The van der Waals surface area contributed by atoms with Crippen molar-refractivity contribution < 1.29 is 0 Å². The van der Waals surface area contributed by atoms with Gasteiger partial charge >= 0.3 is 0 Å². The lowest BCUT2D eigenvalue weighted by Crippen LogP contribution is -2.23. The molecular weight excluding hydrogens is 268 g/mol. The van der Waals surface area contributed by atoms with Gasteiger partial charge in [0.15, 0.2) is 0 Å². The SMILES string of the molecule is C1=CC2=C(c3cccc(-c4ccccc4)c3)NC=NC2C=C1. The molecule has 22 heavy (non-hydrogen) atoms. The van der Waals surface area contributed by atoms with E-state index in [-0.39, 0.29) is 6.04 Å². The predicted octanol–water partition coefficient (Wildman–Crippen LogP) is 4.19. The number of aliphatic imine (C=N–C) groups is 1. The summed E-state index contributed by atoms with van der Waals surface area (Å²) >= 11 is 0. The van der Waals surface area contributed by atoms with Gasteiger partial charge < -0.3 is 5.32 Å². The maximum Gasteiger partial charge on any atom is 0.0971 e. The van der Waals surface area contributed by atoms with Crippen LogP contribution in [0, 0.1) is 0 Å². The molecule has 0 fully saturated rings. The highest BCUT2D eigenvalue weighted by atomic mass is 15.0. The van der Waals surface area contributed by atoms with Gasteiger partial charge in [0.1, 0.15) is 0 Å². The van der Waals surface area contributed by atoms with Gasteiger partial charge in [0, 0.05) is 5.57 Å². The van der Waals surface area contributed by atoms with E-state index in [9.17, 15) is 0 Å². The van der Waals surface area contributed by atoms with E-state index in [2.05, 4.69) is 83.1 Å². The molecular formula is C20H16N2. The fourth-order valence-electron chi connectivity index (χ4n) is 2.89. The minimum atomic E-state index is 0.127. The Morgan fingerprint density at radius 2 is 1.64 bits per heavy atom. The van der Waals surface area contributed by atoms with Crippen molar-refractivity contribution in [1.29, 1.82) is 0 Å². The molecule has 1 N–H and O–H groups in total. The van der Waals surface area contributed by atoms with E-state index in [4.69, 9.17) is 0 Å². The van der Waals surface area contributed by atoms with Crippen molar-refractivity contribution in [1.82, 2.24) is 5.32 Å². The number of hydrogen-bond donors (Lipinski definition) is 1. The van der Waals surface area contributed by atoms with Gasteiger partial charge in [-0.15, -0.1) is 0 Å². The van der Waals surface area contributed by atoms with Crippen molar-refractivity contribution in [2.24, 2.45) is 4.99 Å². The first-order chi connectivity index (χ1) is 10.9. The molecule has 1 aliphatic carbocycles. The van der Waals surface area contributed by atoms with Crippen LogP contribution in [0.1, 0.15) is 5.56 Å². The summed E-state index contributed by atoms with van der Waals surface area (Å²) in [5, 5.41) is 3.32. The summed E-state index contributed by atoms with van der Waals surface area (Å²) in [5.74, 6) is 0. The molecule has 0 aromatic heterocycles. The van der Waals surface area contributed by atoms with E-state index in [0.29, 0.717) is 0 Å². The average molecular weight is 284 g/mol. The number of rotatable bonds is 2. The summed E-state index contributed by atoms with van der Waals surface area (Å²) in [7, 11) is 0. The maximum atomic E-state index is 4.48. The fraction of sp³-hybridized carbons (Fsp3) is 0.0500. The third-order valence-corrected chi connectivity index (χ3v) is 3.99. The van der Waals surface area contributed by atoms with Gasteiger partial charge in [-0.05, 0) is 22.8 Å². The second-order valence-corrected chi connectivity index (χ2v) is 5.39. The number of hydrogen-bond acceptors (Lipinski definition) is 2. The molecule has 0 bridgehead atoms. The molecule has 2 nitrogen and oxygen atoms in total. The van der Waals surface area contributed by atoms with E-state index in [0.717, 1.165) is 5.70 Å². The molecule has 4 rings (SSSR count). The van der Waals surface area contributed by atoms with Crippen LogP contribution >= 0.6 is 0 Å². The molecule has 0 saturated heterocycles. The molecule has 0 saturated carbocycles. The summed E-state index contributed by atoms with van der Waals surface area (Å²) in [4.78, 5) is 4.48. The van der Waals surface area contributed by atoms with Crippen LogP contribution in [0.2, 0.25) is 0 Å². The van der Waals surface area contributed by atoms with E-state index in [1.54, 1.807) is 6.34 Å². The largest absolute Gasteiger partial charge is 0.346 e. The van der Waals surface area contributed by atoms with Gasteiger partial charge in [-0.2, -0.15) is 0 Å². The summed E-state index contributed by atoms with van der Waals surface area (Å²) < 4.78 is 0. The minimum absolute atomic E-state index is 0.127. The molecule has 1 aliphatic heterocycles. The molecule has 1 heterocycles. The molecule has 0 amide bonds. The second-order valence-electron chi connectivity index (χ2n) is 5.39. The monoisotopic (exact) mass is 284 g/mol. The van der Waals surface area contributed by atoms with Gasteiger partial charge in [0.05, 0.1) is 18.1 Å². The molecule has 1 atom stereocenters. The molecule has 0 radical (unpaired) electrons. The third kappa shape index (κ3) is 2.29. The third-order valence-electron chi connectivity index (χ3n) is 3.99. The van der Waals surface area contributed by atoms with Crippen molar-refractivity contribution in [3.63, 3.8) is 0 Å². The van der Waals surface area contributed by atoms with Crippen LogP contribution in [-0.4, -0.2) is 12.4 Å². The Hall–Kier alpha value is -2.87. The molecule has 2 aliphatic rings. The zero-order valence-corrected chi connectivity index (χ0v) is 12.1. The van der Waals surface area contributed by atoms with Crippen molar-refractivity contribution in [3.8, 4) is 11.1 Å². The van der Waals surface area contributed by atoms with Crippen LogP contribution in [-0.2, 0) is 0 Å². The lowest BCUT2D eigenvalue weighted by molar-refractivity contribution is 0.939. The Balaban J connectivity index is 1.79. The number of benzene rings is 2. The van der Waals surface area contributed by atoms with E-state index in [1.807, 2.05) is 6.07 Å². The van der Waals surface area contributed by atoms with Gasteiger partial charge in [-0.25, -0.2) is 0 Å². The highest BCUT2D eigenvalue weighted by Crippen LogP contribution is 2.29. The number of nitrogens with zero attached hydrogens (tertiary/aromatic N) is 1. The normalized spacial score (nSPS) is 19.0. The Morgan fingerprint density at radius 3 is 2.55 bits per heavy atom. The van der Waals surface area contributed by atoms with Crippen LogP contribution in [0.3, 0.4) is 0 Å². The van der Waals surface area contributed by atoms with Gasteiger partial charge in [-0.1, -0.05) is 72.8 Å². The standard InChI is InChI=1S/C20H16N2/c1-2-7-15(8-3-1)16-9-6-10-17(13-16)20-18-11-4-5-12-19(18)21-14-22-20/h1-14,19H,(H,21,22). The summed E-state index contributed by atoms with van der Waals surface area (Å²) in [6, 6.07) is 19.2. The first kappa shape index (κ1) is 12.8. The first-order valence-electron chi connectivity index (χ1n) is 7.45. The van der Waals surface area contributed by atoms with Gasteiger partial charge in [0.2, 0.25) is 0 Å². The molecule has 1 unspecified atom stereocenters. The predicted molar refractivity (Wildman–Crippen MR) is 92.5 cm³/mol. The minimum Gasteiger partial charge on any atom is -0.346 e. The van der Waals surface area contributed by atoms with Crippen molar-refractivity contribution in [2.45, 2.75) is 6.04 Å². The van der Waals surface area contributed by atoms with E-state index < -0.39 is 0 Å². The highest BCUT2D eigenvalue weighted by Gasteiger charge is 2.19. The van der Waals surface area contributed by atoms with Crippen LogP contribution < -0.4 is 5.32 Å². The van der Waals surface area contributed by atoms with Gasteiger partial charge in [0.25, 0.3) is 0 Å². The second kappa shape index (κ2) is 5.49. The Morgan fingerprint density at radius 1 is 0.818 bits per heavy atom. The number of allylic oxidation sites excluding steroid dienone is 2. The average Bonchev–Trinajstić information content (AvgIpc) is 2.62.